The maximum Gasteiger partial charge on any atom is 0.336 e. The van der Waals surface area contributed by atoms with E-state index in [1.165, 1.54) is 12.3 Å². The molecule has 29 heavy (non-hydrogen) atoms. The number of amides is 1. The van der Waals surface area contributed by atoms with Crippen LogP contribution in [0.15, 0.2) is 84.0 Å². The second-order valence-corrected chi connectivity index (χ2v) is 6.28. The van der Waals surface area contributed by atoms with Crippen LogP contribution in [0.1, 0.15) is 22.8 Å². The van der Waals surface area contributed by atoms with Gasteiger partial charge in [-0.2, -0.15) is 5.10 Å². The molecule has 0 aromatic heterocycles. The largest absolute Gasteiger partial charge is 0.481 e. The number of aromatic carboxylic acids is 1. The van der Waals surface area contributed by atoms with Gasteiger partial charge in [0.15, 0.2) is 6.10 Å². The lowest BCUT2D eigenvalue weighted by molar-refractivity contribution is -0.127. The highest BCUT2D eigenvalue weighted by Gasteiger charge is 2.14. The van der Waals surface area contributed by atoms with Crippen LogP contribution in [-0.4, -0.2) is 29.3 Å². The third-order valence-electron chi connectivity index (χ3n) is 4.21. The molecule has 3 rings (SSSR count). The number of benzene rings is 3. The molecule has 0 bridgehead atoms. The van der Waals surface area contributed by atoms with Crippen molar-refractivity contribution in [3.05, 3.63) is 90.0 Å². The third kappa shape index (κ3) is 5.29. The van der Waals surface area contributed by atoms with Gasteiger partial charge in [0.2, 0.25) is 0 Å². The smallest absolute Gasteiger partial charge is 0.336 e. The summed E-state index contributed by atoms with van der Waals surface area (Å²) in [6.45, 7) is 1.61. The van der Waals surface area contributed by atoms with Crippen LogP contribution in [0, 0.1) is 0 Å². The maximum atomic E-state index is 12.2. The summed E-state index contributed by atoms with van der Waals surface area (Å²) in [7, 11) is 0. The molecule has 0 heterocycles. The van der Waals surface area contributed by atoms with Crippen molar-refractivity contribution in [2.24, 2.45) is 5.10 Å². The number of hydrazone groups is 1. The predicted molar refractivity (Wildman–Crippen MR) is 111 cm³/mol. The Bertz CT molecular complexity index is 1010. The molecule has 0 aliphatic carbocycles. The topological polar surface area (TPSA) is 88.0 Å². The van der Waals surface area contributed by atoms with Gasteiger partial charge in [-0.25, -0.2) is 10.2 Å². The summed E-state index contributed by atoms with van der Waals surface area (Å²) in [5.74, 6) is -0.942. The standard InChI is InChI=1S/C23H20N2O4/c1-16(22(26)25-24-15-19-9-5-6-10-21(19)23(27)28)29-20-13-11-18(12-14-20)17-7-3-2-4-8-17/h2-16H,1H3,(H,25,26)(H,27,28)/b24-15+. The molecule has 0 radical (unpaired) electrons. The van der Waals surface area contributed by atoms with Crippen molar-refractivity contribution in [3.8, 4) is 16.9 Å². The average Bonchev–Trinajstić information content (AvgIpc) is 2.75. The van der Waals surface area contributed by atoms with E-state index in [9.17, 15) is 9.59 Å². The summed E-state index contributed by atoms with van der Waals surface area (Å²) in [5, 5.41) is 13.0. The molecule has 1 unspecified atom stereocenters. The van der Waals surface area contributed by atoms with Crippen molar-refractivity contribution >= 4 is 18.1 Å². The molecule has 0 saturated carbocycles. The zero-order chi connectivity index (χ0) is 20.6. The Balaban J connectivity index is 1.58. The molecule has 0 spiro atoms. The Morgan fingerprint density at radius 3 is 2.24 bits per heavy atom. The number of hydrogen-bond donors (Lipinski definition) is 2. The first-order valence-corrected chi connectivity index (χ1v) is 9.02. The maximum absolute atomic E-state index is 12.2. The second kappa shape index (κ2) is 9.32. The Hall–Kier alpha value is -3.93. The van der Waals surface area contributed by atoms with Crippen LogP contribution in [0.5, 0.6) is 5.75 Å². The lowest BCUT2D eigenvalue weighted by atomic mass is 10.1. The number of ether oxygens (including phenoxy) is 1. The molecule has 0 saturated heterocycles. The molecule has 1 atom stereocenters. The van der Waals surface area contributed by atoms with Gasteiger partial charge in [0.05, 0.1) is 11.8 Å². The molecular weight excluding hydrogens is 368 g/mol. The minimum atomic E-state index is -1.06. The van der Waals surface area contributed by atoms with Crippen LogP contribution >= 0.6 is 0 Å². The molecule has 146 valence electrons. The van der Waals surface area contributed by atoms with Crippen LogP contribution in [0.2, 0.25) is 0 Å². The van der Waals surface area contributed by atoms with Crippen molar-refractivity contribution < 1.29 is 19.4 Å². The molecule has 2 N–H and O–H groups in total. The zero-order valence-corrected chi connectivity index (χ0v) is 15.8. The van der Waals surface area contributed by atoms with E-state index in [0.29, 0.717) is 11.3 Å². The summed E-state index contributed by atoms with van der Waals surface area (Å²) in [6, 6.07) is 23.8. The van der Waals surface area contributed by atoms with Crippen molar-refractivity contribution in [1.82, 2.24) is 5.43 Å². The Labute approximate surface area is 168 Å². The van der Waals surface area contributed by atoms with Crippen molar-refractivity contribution in [2.45, 2.75) is 13.0 Å². The molecule has 0 aliphatic rings. The fraction of sp³-hybridized carbons (Fsp3) is 0.0870. The molecule has 1 amide bonds. The number of carbonyl (C=O) groups excluding carboxylic acids is 1. The number of nitrogens with zero attached hydrogens (tertiary/aromatic N) is 1. The van der Waals surface area contributed by atoms with E-state index in [0.717, 1.165) is 11.1 Å². The Morgan fingerprint density at radius 1 is 0.931 bits per heavy atom. The van der Waals surface area contributed by atoms with Crippen LogP contribution in [0.25, 0.3) is 11.1 Å². The average molecular weight is 388 g/mol. The molecule has 6 nitrogen and oxygen atoms in total. The number of hydrogen-bond acceptors (Lipinski definition) is 4. The Morgan fingerprint density at radius 2 is 1.55 bits per heavy atom. The van der Waals surface area contributed by atoms with E-state index in [-0.39, 0.29) is 5.56 Å². The lowest BCUT2D eigenvalue weighted by Gasteiger charge is -2.13. The van der Waals surface area contributed by atoms with Gasteiger partial charge in [-0.1, -0.05) is 60.7 Å². The van der Waals surface area contributed by atoms with Gasteiger partial charge in [0.25, 0.3) is 5.91 Å². The Kier molecular flexibility index (Phi) is 6.37. The number of carbonyl (C=O) groups is 2. The van der Waals surface area contributed by atoms with Gasteiger partial charge in [-0.3, -0.25) is 4.79 Å². The lowest BCUT2D eigenvalue weighted by Crippen LogP contribution is -2.33. The molecule has 3 aromatic carbocycles. The molecule has 3 aromatic rings. The summed E-state index contributed by atoms with van der Waals surface area (Å²) in [5.41, 5.74) is 5.02. The van der Waals surface area contributed by atoms with E-state index in [1.807, 2.05) is 42.5 Å². The van der Waals surface area contributed by atoms with E-state index < -0.39 is 18.0 Å². The second-order valence-electron chi connectivity index (χ2n) is 6.28. The quantitative estimate of drug-likeness (QED) is 0.474. The number of nitrogens with one attached hydrogen (secondary N) is 1. The van der Waals surface area contributed by atoms with Crippen LogP contribution in [0.3, 0.4) is 0 Å². The molecule has 0 fully saturated rings. The zero-order valence-electron chi connectivity index (χ0n) is 15.8. The van der Waals surface area contributed by atoms with Crippen molar-refractivity contribution in [2.75, 3.05) is 0 Å². The van der Waals surface area contributed by atoms with Gasteiger partial charge < -0.3 is 9.84 Å². The summed E-state index contributed by atoms with van der Waals surface area (Å²) in [6.07, 6.45) is 0.521. The van der Waals surface area contributed by atoms with E-state index in [4.69, 9.17) is 9.84 Å². The number of carboxylic acids is 1. The highest BCUT2D eigenvalue weighted by atomic mass is 16.5. The van der Waals surface area contributed by atoms with Gasteiger partial charge in [-0.15, -0.1) is 0 Å². The molecule has 6 heteroatoms. The number of rotatable bonds is 7. The molecule has 0 aliphatic heterocycles. The van der Waals surface area contributed by atoms with E-state index in [2.05, 4.69) is 10.5 Å². The van der Waals surface area contributed by atoms with Gasteiger partial charge in [0, 0.05) is 5.56 Å². The first-order valence-electron chi connectivity index (χ1n) is 9.02. The van der Waals surface area contributed by atoms with E-state index in [1.54, 1.807) is 37.3 Å². The first kappa shape index (κ1) is 19.8. The number of carboxylic acid groups (broad SMARTS) is 1. The van der Waals surface area contributed by atoms with Crippen LogP contribution < -0.4 is 10.2 Å². The minimum Gasteiger partial charge on any atom is -0.481 e. The normalized spacial score (nSPS) is 11.8. The molecular formula is C23H20N2O4. The van der Waals surface area contributed by atoms with Gasteiger partial charge in [-0.05, 0) is 36.2 Å². The predicted octanol–water partition coefficient (Wildman–Crippen LogP) is 3.97. The van der Waals surface area contributed by atoms with E-state index >= 15 is 0 Å². The van der Waals surface area contributed by atoms with Crippen molar-refractivity contribution in [3.63, 3.8) is 0 Å². The summed E-state index contributed by atoms with van der Waals surface area (Å²) in [4.78, 5) is 23.4. The summed E-state index contributed by atoms with van der Waals surface area (Å²) >= 11 is 0. The van der Waals surface area contributed by atoms with Gasteiger partial charge in [0.1, 0.15) is 5.75 Å². The van der Waals surface area contributed by atoms with Crippen molar-refractivity contribution in [1.29, 1.82) is 0 Å². The van der Waals surface area contributed by atoms with Crippen LogP contribution in [0.4, 0.5) is 0 Å². The highest BCUT2D eigenvalue weighted by molar-refractivity contribution is 5.98. The SMILES string of the molecule is CC(Oc1ccc(-c2ccccc2)cc1)C(=O)N/N=C/c1ccccc1C(=O)O. The van der Waals surface area contributed by atoms with Crippen LogP contribution in [-0.2, 0) is 4.79 Å². The summed E-state index contributed by atoms with van der Waals surface area (Å²) < 4.78 is 5.65. The van der Waals surface area contributed by atoms with Gasteiger partial charge >= 0.3 is 5.97 Å². The minimum absolute atomic E-state index is 0.105. The first-order chi connectivity index (χ1) is 14.0. The fourth-order valence-electron chi connectivity index (χ4n) is 2.67. The monoisotopic (exact) mass is 388 g/mol. The third-order valence-corrected chi connectivity index (χ3v) is 4.21. The highest BCUT2D eigenvalue weighted by Crippen LogP contribution is 2.22. The fourth-order valence-corrected chi connectivity index (χ4v) is 2.67.